The Hall–Kier alpha value is -2.42. The Morgan fingerprint density at radius 1 is 1.23 bits per heavy atom. The molecule has 30 heavy (non-hydrogen) atoms. The first-order valence-electron chi connectivity index (χ1n) is 10.5. The second-order valence-electron chi connectivity index (χ2n) is 7.82. The average molecular weight is 436 g/mol. The molecule has 1 saturated carbocycles. The minimum Gasteiger partial charge on any atom is -0.453 e. The second-order valence-corrected chi connectivity index (χ2v) is 9.47. The summed E-state index contributed by atoms with van der Waals surface area (Å²) in [6.45, 7) is 2.47. The number of carbonyl (C=O) groups is 2. The van der Waals surface area contributed by atoms with Gasteiger partial charge in [0.25, 0.3) is 15.9 Å². The fourth-order valence-corrected chi connectivity index (χ4v) is 5.01. The Morgan fingerprint density at radius 3 is 2.73 bits per heavy atom. The molecule has 1 atom stereocenters. The lowest BCUT2D eigenvalue weighted by molar-refractivity contribution is -0.154. The highest BCUT2D eigenvalue weighted by atomic mass is 32.2. The highest BCUT2D eigenvalue weighted by Crippen LogP contribution is 2.23. The smallest absolute Gasteiger partial charge is 0.306 e. The predicted octanol–water partition coefficient (Wildman–Crippen LogP) is 2.13. The van der Waals surface area contributed by atoms with E-state index in [0.717, 1.165) is 12.8 Å². The van der Waals surface area contributed by atoms with Crippen molar-refractivity contribution in [1.82, 2.24) is 10.0 Å². The number of rotatable bonds is 8. The Morgan fingerprint density at radius 2 is 1.97 bits per heavy atom. The monoisotopic (exact) mass is 435 g/mol. The largest absolute Gasteiger partial charge is 0.453 e. The molecule has 1 amide bonds. The highest BCUT2D eigenvalue weighted by Gasteiger charge is 2.30. The second kappa shape index (κ2) is 10.1. The van der Waals surface area contributed by atoms with E-state index in [0.29, 0.717) is 24.4 Å². The lowest BCUT2D eigenvalue weighted by Gasteiger charge is -2.22. The fraction of sp³-hybridized carbons (Fsp3) is 0.571. The third-order valence-electron chi connectivity index (χ3n) is 5.44. The van der Waals surface area contributed by atoms with E-state index in [1.54, 1.807) is 25.1 Å². The summed E-state index contributed by atoms with van der Waals surface area (Å²) >= 11 is 0. The number of aliphatic imine (C=N–C) groups is 1. The van der Waals surface area contributed by atoms with Gasteiger partial charge in [-0.2, -0.15) is 0 Å². The number of ether oxygens (including phenoxy) is 1. The van der Waals surface area contributed by atoms with E-state index in [9.17, 15) is 18.0 Å². The van der Waals surface area contributed by atoms with E-state index in [-0.39, 0.29) is 29.6 Å². The van der Waals surface area contributed by atoms with E-state index >= 15 is 0 Å². The number of nitrogens with zero attached hydrogens (tertiary/aromatic N) is 1. The van der Waals surface area contributed by atoms with Crippen LogP contribution < -0.4 is 10.0 Å². The van der Waals surface area contributed by atoms with Crippen LogP contribution in [0.3, 0.4) is 0 Å². The van der Waals surface area contributed by atoms with Gasteiger partial charge < -0.3 is 10.1 Å². The molecule has 0 bridgehead atoms. The SMILES string of the molecule is CC(OC(=O)CCCN=C1NS(=O)(=O)c2ccccc21)C(=O)NCC1CCCCC1. The van der Waals surface area contributed by atoms with Crippen LogP contribution in [-0.4, -0.2) is 45.3 Å². The van der Waals surface area contributed by atoms with E-state index in [4.69, 9.17) is 4.74 Å². The summed E-state index contributed by atoms with van der Waals surface area (Å²) in [6, 6.07) is 6.62. The van der Waals surface area contributed by atoms with Gasteiger partial charge in [0, 0.05) is 25.1 Å². The first kappa shape index (κ1) is 22.3. The van der Waals surface area contributed by atoms with Crippen molar-refractivity contribution in [1.29, 1.82) is 0 Å². The minimum absolute atomic E-state index is 0.103. The van der Waals surface area contributed by atoms with Crippen molar-refractivity contribution in [2.45, 2.75) is 62.9 Å². The molecule has 0 spiro atoms. The number of carbonyl (C=O) groups excluding carboxylic acids is 2. The summed E-state index contributed by atoms with van der Waals surface area (Å²) in [6.07, 6.45) is 5.62. The van der Waals surface area contributed by atoms with Gasteiger partial charge in [0.2, 0.25) is 0 Å². The van der Waals surface area contributed by atoms with Crippen LogP contribution in [-0.2, 0) is 24.3 Å². The standard InChI is InChI=1S/C21H29N3O5S/c1-15(21(26)23-14-16-8-3-2-4-9-16)29-19(25)12-7-13-22-20-17-10-5-6-11-18(17)30(27,28)24-20/h5-6,10-11,15-16H,2-4,7-9,12-14H2,1H3,(H,22,24)(H,23,26). The quantitative estimate of drug-likeness (QED) is 0.480. The summed E-state index contributed by atoms with van der Waals surface area (Å²) in [7, 11) is -3.56. The van der Waals surface area contributed by atoms with Crippen molar-refractivity contribution >= 4 is 27.7 Å². The molecule has 164 valence electrons. The Labute approximate surface area is 177 Å². The van der Waals surface area contributed by atoms with Crippen LogP contribution in [0.2, 0.25) is 0 Å². The molecule has 1 aromatic rings. The fourth-order valence-electron chi connectivity index (χ4n) is 3.76. The highest BCUT2D eigenvalue weighted by molar-refractivity contribution is 7.90. The molecule has 1 aliphatic heterocycles. The van der Waals surface area contributed by atoms with E-state index < -0.39 is 22.1 Å². The zero-order valence-electron chi connectivity index (χ0n) is 17.2. The van der Waals surface area contributed by atoms with Gasteiger partial charge in [0.05, 0.1) is 4.90 Å². The van der Waals surface area contributed by atoms with Gasteiger partial charge in [-0.25, -0.2) is 8.42 Å². The van der Waals surface area contributed by atoms with Crippen molar-refractivity contribution in [2.24, 2.45) is 10.9 Å². The van der Waals surface area contributed by atoms with Crippen LogP contribution in [0.5, 0.6) is 0 Å². The summed E-state index contributed by atoms with van der Waals surface area (Å²) in [5.74, 6) is 0.0614. The summed E-state index contributed by atoms with van der Waals surface area (Å²) in [5, 5.41) is 2.88. The first-order chi connectivity index (χ1) is 14.4. The predicted molar refractivity (Wildman–Crippen MR) is 113 cm³/mol. The lowest BCUT2D eigenvalue weighted by Crippen LogP contribution is -2.38. The van der Waals surface area contributed by atoms with Gasteiger partial charge in [0.15, 0.2) is 6.10 Å². The van der Waals surface area contributed by atoms with Crippen LogP contribution in [0.25, 0.3) is 0 Å². The molecule has 0 saturated heterocycles. The molecule has 0 aromatic heterocycles. The number of sulfonamides is 1. The molecule has 1 fully saturated rings. The van der Waals surface area contributed by atoms with Gasteiger partial charge in [-0.15, -0.1) is 0 Å². The van der Waals surface area contributed by atoms with E-state index in [1.165, 1.54) is 25.3 Å². The van der Waals surface area contributed by atoms with Crippen LogP contribution in [0.4, 0.5) is 0 Å². The van der Waals surface area contributed by atoms with E-state index in [1.807, 2.05) is 0 Å². The molecule has 3 rings (SSSR count). The van der Waals surface area contributed by atoms with Gasteiger partial charge in [-0.05, 0) is 44.2 Å². The number of esters is 1. The summed E-state index contributed by atoms with van der Waals surface area (Å²) < 4.78 is 31.7. The molecule has 2 N–H and O–H groups in total. The number of fused-ring (bicyclic) bond motifs is 1. The molecule has 8 nitrogen and oxygen atoms in total. The zero-order chi connectivity index (χ0) is 21.6. The van der Waals surface area contributed by atoms with Crippen molar-refractivity contribution < 1.29 is 22.7 Å². The molecule has 9 heteroatoms. The maximum atomic E-state index is 12.1. The van der Waals surface area contributed by atoms with Crippen molar-refractivity contribution in [3.63, 3.8) is 0 Å². The Balaban J connectivity index is 1.38. The summed E-state index contributed by atoms with van der Waals surface area (Å²) in [4.78, 5) is 28.6. The van der Waals surface area contributed by atoms with Gasteiger partial charge in [-0.3, -0.25) is 19.3 Å². The molecule has 1 aliphatic carbocycles. The van der Waals surface area contributed by atoms with Crippen molar-refractivity contribution in [2.75, 3.05) is 13.1 Å². The zero-order valence-corrected chi connectivity index (χ0v) is 18.0. The van der Waals surface area contributed by atoms with Crippen LogP contribution in [0, 0.1) is 5.92 Å². The number of hydrogen-bond acceptors (Lipinski definition) is 6. The van der Waals surface area contributed by atoms with Crippen molar-refractivity contribution in [3.05, 3.63) is 29.8 Å². The summed E-state index contributed by atoms with van der Waals surface area (Å²) in [5.41, 5.74) is 0.531. The van der Waals surface area contributed by atoms with Crippen LogP contribution in [0.1, 0.15) is 57.4 Å². The number of amides is 1. The molecule has 1 heterocycles. The number of hydrogen-bond donors (Lipinski definition) is 2. The maximum Gasteiger partial charge on any atom is 0.306 e. The third-order valence-corrected chi connectivity index (χ3v) is 6.84. The number of amidine groups is 1. The van der Waals surface area contributed by atoms with Gasteiger partial charge in [0.1, 0.15) is 5.84 Å². The first-order valence-corrected chi connectivity index (χ1v) is 12.0. The maximum absolute atomic E-state index is 12.1. The Kier molecular flexibility index (Phi) is 7.47. The lowest BCUT2D eigenvalue weighted by atomic mass is 9.89. The third kappa shape index (κ3) is 5.81. The average Bonchev–Trinajstić information content (AvgIpc) is 3.00. The van der Waals surface area contributed by atoms with E-state index in [2.05, 4.69) is 15.0 Å². The number of benzene rings is 1. The topological polar surface area (TPSA) is 114 Å². The molecule has 0 radical (unpaired) electrons. The molecular formula is C21H29N3O5S. The normalized spacial score (nSPS) is 20.2. The van der Waals surface area contributed by atoms with Gasteiger partial charge in [-0.1, -0.05) is 31.4 Å². The van der Waals surface area contributed by atoms with Gasteiger partial charge >= 0.3 is 5.97 Å². The molecule has 2 aliphatic rings. The van der Waals surface area contributed by atoms with Crippen LogP contribution in [0.15, 0.2) is 34.2 Å². The Bertz CT molecular complexity index is 907. The van der Waals surface area contributed by atoms with Crippen molar-refractivity contribution in [3.8, 4) is 0 Å². The molecule has 1 unspecified atom stereocenters. The molecule has 1 aromatic carbocycles. The molecular weight excluding hydrogens is 406 g/mol. The number of nitrogens with one attached hydrogen (secondary N) is 2. The van der Waals surface area contributed by atoms with Crippen LogP contribution >= 0.6 is 0 Å². The minimum atomic E-state index is -3.56.